The molecule has 2 heterocycles. The summed E-state index contributed by atoms with van der Waals surface area (Å²) < 4.78 is 49.5. The van der Waals surface area contributed by atoms with E-state index in [1.807, 2.05) is 0 Å². The first kappa shape index (κ1) is 29.1. The van der Waals surface area contributed by atoms with Crippen LogP contribution in [0, 0.1) is 0 Å². The lowest BCUT2D eigenvalue weighted by Crippen LogP contribution is -2.50. The average Bonchev–Trinajstić information content (AvgIpc) is 3.00. The van der Waals surface area contributed by atoms with E-state index >= 15 is 0 Å². The Labute approximate surface area is 194 Å². The van der Waals surface area contributed by atoms with E-state index in [2.05, 4.69) is 32.0 Å². The van der Waals surface area contributed by atoms with Gasteiger partial charge in [0.2, 0.25) is 10.4 Å². The van der Waals surface area contributed by atoms with Crippen LogP contribution >= 0.6 is 0 Å². The summed E-state index contributed by atoms with van der Waals surface area (Å²) in [7, 11) is -4.99. The Morgan fingerprint density at radius 3 is 1.72 bits per heavy atom. The van der Waals surface area contributed by atoms with E-state index in [-0.39, 0.29) is 19.4 Å². The van der Waals surface area contributed by atoms with Gasteiger partial charge < -0.3 is 9.04 Å². The predicted molar refractivity (Wildman–Crippen MR) is 122 cm³/mol. The number of alkyl halides is 1. The number of piperidine rings is 1. The van der Waals surface area contributed by atoms with Gasteiger partial charge in [-0.05, 0) is 38.5 Å². The molecule has 0 spiro atoms. The van der Waals surface area contributed by atoms with Crippen LogP contribution in [0.25, 0.3) is 0 Å². The van der Waals surface area contributed by atoms with E-state index in [9.17, 15) is 22.2 Å². The van der Waals surface area contributed by atoms with Gasteiger partial charge in [0.05, 0.1) is 32.2 Å². The molecular formula is C22H44FN3O5S. The number of hydroxylamine groups is 2. The molecule has 10 heteroatoms. The first-order valence-corrected chi connectivity index (χ1v) is 13.7. The third-order valence-electron chi connectivity index (χ3n) is 6.37. The fourth-order valence-corrected chi connectivity index (χ4v) is 4.81. The van der Waals surface area contributed by atoms with E-state index in [4.69, 9.17) is 0 Å². The van der Waals surface area contributed by atoms with E-state index in [0.29, 0.717) is 5.06 Å². The lowest BCUT2D eigenvalue weighted by molar-refractivity contribution is -0.929. The number of urea groups is 1. The Morgan fingerprint density at radius 2 is 1.38 bits per heavy atom. The number of quaternary nitrogens is 1. The smallest absolute Gasteiger partial charge is 0.347 e. The van der Waals surface area contributed by atoms with Crippen LogP contribution in [0.2, 0.25) is 0 Å². The molecule has 0 radical (unpaired) electrons. The zero-order valence-electron chi connectivity index (χ0n) is 20.4. The molecule has 0 aromatic heterocycles. The molecule has 2 aliphatic rings. The Hall–Kier alpha value is -0.970. The van der Waals surface area contributed by atoms with E-state index in [1.165, 1.54) is 82.0 Å². The van der Waals surface area contributed by atoms with Gasteiger partial charge in [-0.3, -0.25) is 4.90 Å². The van der Waals surface area contributed by atoms with Crippen molar-refractivity contribution in [2.24, 2.45) is 0 Å². The highest BCUT2D eigenvalue weighted by Gasteiger charge is 2.46. The number of hydrogen-bond acceptors (Lipinski definition) is 5. The first-order chi connectivity index (χ1) is 15.1. The van der Waals surface area contributed by atoms with E-state index in [1.54, 1.807) is 0 Å². The minimum absolute atomic E-state index is 0.0511. The molecule has 2 saturated heterocycles. The molecule has 0 aromatic rings. The van der Waals surface area contributed by atoms with Crippen molar-refractivity contribution >= 4 is 16.4 Å². The standard InChI is InChI=1S/C16H36N.C6H9FN2O5S/c1-5-9-13-17(14-10-6-2,15-11-7-3)16-12-8-4;7-5-2-1-4-3-8(5)6(10)9(4)14-15(11,12)13/h5-16H2,1-4H3;4-5H,1-3H2,(H,11,12,13)/q+1;/p-1/t;4-,5+/m.1/s1. The molecule has 190 valence electrons. The van der Waals surface area contributed by atoms with E-state index < -0.39 is 28.8 Å². The molecule has 0 unspecified atom stereocenters. The lowest BCUT2D eigenvalue weighted by Gasteiger charge is -2.39. The van der Waals surface area contributed by atoms with Crippen molar-refractivity contribution in [3.63, 3.8) is 0 Å². The van der Waals surface area contributed by atoms with Gasteiger partial charge >= 0.3 is 6.03 Å². The van der Waals surface area contributed by atoms with Crippen molar-refractivity contribution in [2.75, 3.05) is 32.7 Å². The summed E-state index contributed by atoms with van der Waals surface area (Å²) in [6.07, 6.45) is 10.0. The molecule has 0 N–H and O–H groups in total. The number of carbonyl (C=O) groups excluding carboxylic acids is 1. The third-order valence-corrected chi connectivity index (χ3v) is 6.71. The van der Waals surface area contributed by atoms with Gasteiger partial charge in [-0.2, -0.15) is 9.35 Å². The molecule has 2 rings (SSSR count). The molecule has 2 bridgehead atoms. The highest BCUT2D eigenvalue weighted by Crippen LogP contribution is 2.30. The highest BCUT2D eigenvalue weighted by molar-refractivity contribution is 7.80. The Kier molecular flexibility index (Phi) is 13.0. The van der Waals surface area contributed by atoms with Gasteiger partial charge in [-0.1, -0.05) is 53.4 Å². The maximum absolute atomic E-state index is 13.1. The van der Waals surface area contributed by atoms with Gasteiger partial charge in [0.25, 0.3) is 0 Å². The Bertz CT molecular complexity index is 612. The SMILES string of the molecule is CCCC[N+](CCCC)(CCCC)CCCC.O=C1N2C[C@@H](CC[C@H]2F)N1OS(=O)(=O)[O-]. The summed E-state index contributed by atoms with van der Waals surface area (Å²) in [5, 5.41) is 0.446. The van der Waals surface area contributed by atoms with Crippen molar-refractivity contribution < 1.29 is 30.9 Å². The van der Waals surface area contributed by atoms with Crippen LogP contribution in [-0.4, -0.2) is 78.5 Å². The fourth-order valence-electron chi connectivity index (χ4n) is 4.43. The quantitative estimate of drug-likeness (QED) is 0.157. The number of nitrogens with zero attached hydrogens (tertiary/aromatic N) is 3. The van der Waals surface area contributed by atoms with Crippen LogP contribution in [0.1, 0.15) is 91.9 Å². The number of hydrogen-bond donors (Lipinski definition) is 0. The van der Waals surface area contributed by atoms with Crippen LogP contribution in [0.5, 0.6) is 0 Å². The molecule has 2 amide bonds. The second-order valence-corrected chi connectivity index (χ2v) is 10.0. The Balaban J connectivity index is 0.000000321. The summed E-state index contributed by atoms with van der Waals surface area (Å²) in [5.74, 6) is 0. The van der Waals surface area contributed by atoms with Gasteiger partial charge in [-0.15, -0.1) is 0 Å². The minimum Gasteiger partial charge on any atom is -0.724 e. The zero-order chi connectivity index (χ0) is 24.2. The second kappa shape index (κ2) is 14.3. The van der Waals surface area contributed by atoms with Crippen LogP contribution in [-0.2, 0) is 14.7 Å². The molecule has 2 fully saturated rings. The number of halogens is 1. The van der Waals surface area contributed by atoms with Crippen molar-refractivity contribution in [1.29, 1.82) is 0 Å². The molecule has 2 atom stereocenters. The topological polar surface area (TPSA) is 90.0 Å². The summed E-state index contributed by atoms with van der Waals surface area (Å²) in [5.41, 5.74) is 0. The monoisotopic (exact) mass is 481 g/mol. The maximum Gasteiger partial charge on any atom is 0.347 e. The Morgan fingerprint density at radius 1 is 0.938 bits per heavy atom. The molecule has 0 aromatic carbocycles. The first-order valence-electron chi connectivity index (χ1n) is 12.4. The number of carbonyl (C=O) groups is 1. The zero-order valence-corrected chi connectivity index (χ0v) is 21.2. The summed E-state index contributed by atoms with van der Waals surface area (Å²) in [6.45, 7) is 15.1. The third kappa shape index (κ3) is 9.49. The number of rotatable bonds is 14. The molecule has 0 saturated carbocycles. The van der Waals surface area contributed by atoms with Gasteiger partial charge in [0.1, 0.15) is 0 Å². The van der Waals surface area contributed by atoms with Gasteiger partial charge in [0.15, 0.2) is 6.30 Å². The van der Waals surface area contributed by atoms with Crippen LogP contribution in [0.15, 0.2) is 0 Å². The van der Waals surface area contributed by atoms with Crippen molar-refractivity contribution in [3.05, 3.63) is 0 Å². The van der Waals surface area contributed by atoms with Crippen LogP contribution in [0.3, 0.4) is 0 Å². The molecule has 0 aliphatic carbocycles. The van der Waals surface area contributed by atoms with Crippen molar-refractivity contribution in [2.45, 2.75) is 104 Å². The summed E-state index contributed by atoms with van der Waals surface area (Å²) >= 11 is 0. The minimum atomic E-state index is -4.99. The van der Waals surface area contributed by atoms with Gasteiger partial charge in [0, 0.05) is 6.54 Å². The molecule has 8 nitrogen and oxygen atoms in total. The summed E-state index contributed by atoms with van der Waals surface area (Å²) in [4.78, 5) is 12.2. The molecule has 2 aliphatic heterocycles. The lowest BCUT2D eigenvalue weighted by atomic mass is 10.1. The highest BCUT2D eigenvalue weighted by atomic mass is 32.3. The van der Waals surface area contributed by atoms with Crippen LogP contribution in [0.4, 0.5) is 9.18 Å². The number of amides is 2. The van der Waals surface area contributed by atoms with Crippen LogP contribution < -0.4 is 0 Å². The van der Waals surface area contributed by atoms with E-state index in [0.717, 1.165) is 4.90 Å². The summed E-state index contributed by atoms with van der Waals surface area (Å²) in [6, 6.07) is -1.47. The second-order valence-electron chi connectivity index (χ2n) is 9.06. The number of unbranched alkanes of at least 4 members (excludes halogenated alkanes) is 4. The van der Waals surface area contributed by atoms with Crippen molar-refractivity contribution in [3.8, 4) is 0 Å². The van der Waals surface area contributed by atoms with Gasteiger partial charge in [-0.25, -0.2) is 17.6 Å². The van der Waals surface area contributed by atoms with Crippen molar-refractivity contribution in [1.82, 2.24) is 9.96 Å². The normalized spacial score (nSPS) is 21.0. The average molecular weight is 482 g/mol. The largest absolute Gasteiger partial charge is 0.724 e. The predicted octanol–water partition coefficient (Wildman–Crippen LogP) is 4.58. The molecular weight excluding hydrogens is 437 g/mol. The fraction of sp³-hybridized carbons (Fsp3) is 0.955. The molecule has 32 heavy (non-hydrogen) atoms. The maximum atomic E-state index is 13.1. The number of fused-ring (bicyclic) bond motifs is 2.